The van der Waals surface area contributed by atoms with Crippen molar-refractivity contribution in [2.75, 3.05) is 41.6 Å². The standard InChI is InChI=1S/C18H25N5O2S/c1-2-13-26(24,25)21-17-3-4-18(20-14-17)23-11-9-22(10-12-23)15-16-5-7-19-8-6-16/h3-8,14,21H,2,9-13,15H2,1H3. The van der Waals surface area contributed by atoms with Crippen LogP contribution in [0.15, 0.2) is 42.9 Å². The zero-order valence-corrected chi connectivity index (χ0v) is 15.8. The van der Waals surface area contributed by atoms with E-state index in [1.807, 2.05) is 37.5 Å². The maximum absolute atomic E-state index is 11.8. The van der Waals surface area contributed by atoms with Gasteiger partial charge in [0, 0.05) is 45.1 Å². The van der Waals surface area contributed by atoms with Gasteiger partial charge in [-0.2, -0.15) is 0 Å². The minimum atomic E-state index is -3.27. The van der Waals surface area contributed by atoms with Crippen LogP contribution in [-0.4, -0.2) is 55.2 Å². The maximum atomic E-state index is 11.8. The van der Waals surface area contributed by atoms with Crippen molar-refractivity contribution in [3.05, 3.63) is 48.4 Å². The lowest BCUT2D eigenvalue weighted by Gasteiger charge is -2.35. The Morgan fingerprint density at radius 1 is 1.08 bits per heavy atom. The number of nitrogens with zero attached hydrogens (tertiary/aromatic N) is 4. The fourth-order valence-electron chi connectivity index (χ4n) is 3.01. The third-order valence-corrected chi connectivity index (χ3v) is 5.84. The molecule has 7 nitrogen and oxygen atoms in total. The lowest BCUT2D eigenvalue weighted by molar-refractivity contribution is 0.249. The second-order valence-corrected chi connectivity index (χ2v) is 8.29. The molecule has 0 aliphatic carbocycles. The first-order valence-electron chi connectivity index (χ1n) is 8.88. The van der Waals surface area contributed by atoms with E-state index in [9.17, 15) is 8.42 Å². The summed E-state index contributed by atoms with van der Waals surface area (Å²) < 4.78 is 26.2. The summed E-state index contributed by atoms with van der Waals surface area (Å²) in [6, 6.07) is 7.75. The van der Waals surface area contributed by atoms with Gasteiger partial charge in [-0.25, -0.2) is 13.4 Å². The van der Waals surface area contributed by atoms with Gasteiger partial charge < -0.3 is 4.90 Å². The summed E-state index contributed by atoms with van der Waals surface area (Å²) in [5, 5.41) is 0. The van der Waals surface area contributed by atoms with E-state index in [4.69, 9.17) is 0 Å². The lowest BCUT2D eigenvalue weighted by atomic mass is 10.2. The molecule has 140 valence electrons. The number of sulfonamides is 1. The number of hydrogen-bond donors (Lipinski definition) is 1. The van der Waals surface area contributed by atoms with E-state index in [0.717, 1.165) is 38.5 Å². The summed E-state index contributed by atoms with van der Waals surface area (Å²) in [6.07, 6.45) is 5.83. The van der Waals surface area contributed by atoms with E-state index < -0.39 is 10.0 Å². The lowest BCUT2D eigenvalue weighted by Crippen LogP contribution is -2.46. The zero-order chi connectivity index (χ0) is 18.4. The van der Waals surface area contributed by atoms with Crippen molar-refractivity contribution in [2.45, 2.75) is 19.9 Å². The molecule has 8 heteroatoms. The molecule has 0 spiro atoms. The first-order valence-corrected chi connectivity index (χ1v) is 10.5. The average molecular weight is 375 g/mol. The highest BCUT2D eigenvalue weighted by molar-refractivity contribution is 7.92. The van der Waals surface area contributed by atoms with Gasteiger partial charge in [0.1, 0.15) is 5.82 Å². The first-order chi connectivity index (χ1) is 12.6. The second-order valence-electron chi connectivity index (χ2n) is 6.44. The number of aromatic nitrogens is 2. The van der Waals surface area contributed by atoms with Crippen LogP contribution in [0.4, 0.5) is 11.5 Å². The molecule has 0 atom stereocenters. The summed E-state index contributed by atoms with van der Waals surface area (Å²) in [7, 11) is -3.27. The van der Waals surface area contributed by atoms with Gasteiger partial charge in [-0.1, -0.05) is 6.92 Å². The molecule has 0 amide bonds. The Hall–Kier alpha value is -2.19. The van der Waals surface area contributed by atoms with Crippen LogP contribution in [0.2, 0.25) is 0 Å². The van der Waals surface area contributed by atoms with Crippen LogP contribution >= 0.6 is 0 Å². The topological polar surface area (TPSA) is 78.4 Å². The highest BCUT2D eigenvalue weighted by Gasteiger charge is 2.18. The van der Waals surface area contributed by atoms with Gasteiger partial charge in [-0.15, -0.1) is 0 Å². The molecule has 1 saturated heterocycles. The quantitative estimate of drug-likeness (QED) is 0.797. The van der Waals surface area contributed by atoms with E-state index in [-0.39, 0.29) is 5.75 Å². The number of pyridine rings is 2. The summed E-state index contributed by atoms with van der Waals surface area (Å²) in [4.78, 5) is 13.1. The smallest absolute Gasteiger partial charge is 0.232 e. The first kappa shape index (κ1) is 18.6. The average Bonchev–Trinajstić information content (AvgIpc) is 2.63. The molecule has 1 fully saturated rings. The van der Waals surface area contributed by atoms with Crippen LogP contribution < -0.4 is 9.62 Å². The molecule has 0 saturated carbocycles. The molecule has 0 unspecified atom stereocenters. The predicted molar refractivity (Wildman–Crippen MR) is 104 cm³/mol. The van der Waals surface area contributed by atoms with Crippen molar-refractivity contribution in [1.82, 2.24) is 14.9 Å². The van der Waals surface area contributed by atoms with Gasteiger partial charge >= 0.3 is 0 Å². The monoisotopic (exact) mass is 375 g/mol. The Morgan fingerprint density at radius 2 is 1.81 bits per heavy atom. The van der Waals surface area contributed by atoms with Crippen molar-refractivity contribution >= 4 is 21.5 Å². The van der Waals surface area contributed by atoms with Gasteiger partial charge in [0.25, 0.3) is 0 Å². The Kier molecular flexibility index (Phi) is 6.05. The normalized spacial score (nSPS) is 15.8. The van der Waals surface area contributed by atoms with E-state index in [2.05, 4.69) is 24.5 Å². The van der Waals surface area contributed by atoms with Crippen molar-refractivity contribution < 1.29 is 8.42 Å². The molecule has 2 aromatic heterocycles. The molecule has 0 bridgehead atoms. The molecule has 3 heterocycles. The SMILES string of the molecule is CCCS(=O)(=O)Nc1ccc(N2CCN(Cc3ccncc3)CC2)nc1. The van der Waals surface area contributed by atoms with Gasteiger partial charge in [0.05, 0.1) is 17.6 Å². The molecule has 1 aliphatic rings. The van der Waals surface area contributed by atoms with Crippen LogP contribution in [0.3, 0.4) is 0 Å². The predicted octanol–water partition coefficient (Wildman–Crippen LogP) is 1.95. The van der Waals surface area contributed by atoms with Crippen molar-refractivity contribution in [3.63, 3.8) is 0 Å². The molecule has 2 aromatic rings. The van der Waals surface area contributed by atoms with Gasteiger partial charge in [0.2, 0.25) is 10.0 Å². The van der Waals surface area contributed by atoms with Gasteiger partial charge in [0.15, 0.2) is 0 Å². The third kappa shape index (κ3) is 5.15. The van der Waals surface area contributed by atoms with Crippen LogP contribution in [-0.2, 0) is 16.6 Å². The summed E-state index contributed by atoms with van der Waals surface area (Å²) in [6.45, 7) is 6.51. The minimum Gasteiger partial charge on any atom is -0.354 e. The summed E-state index contributed by atoms with van der Waals surface area (Å²) >= 11 is 0. The molecule has 1 N–H and O–H groups in total. The molecular formula is C18H25N5O2S. The fraction of sp³-hybridized carbons (Fsp3) is 0.444. The van der Waals surface area contributed by atoms with Crippen LogP contribution in [0.1, 0.15) is 18.9 Å². The Bertz CT molecular complexity index is 788. The maximum Gasteiger partial charge on any atom is 0.232 e. The van der Waals surface area contributed by atoms with E-state index >= 15 is 0 Å². The fourth-order valence-corrected chi connectivity index (χ4v) is 4.13. The summed E-state index contributed by atoms with van der Waals surface area (Å²) in [5.41, 5.74) is 1.79. The number of hydrogen-bond acceptors (Lipinski definition) is 6. The third-order valence-electron chi connectivity index (χ3n) is 4.35. The molecule has 1 aliphatic heterocycles. The van der Waals surface area contributed by atoms with Crippen molar-refractivity contribution in [3.8, 4) is 0 Å². The number of nitrogens with one attached hydrogen (secondary N) is 1. The Morgan fingerprint density at radius 3 is 2.42 bits per heavy atom. The van der Waals surface area contributed by atoms with Crippen LogP contribution in [0.5, 0.6) is 0 Å². The Labute approximate surface area is 155 Å². The number of rotatable bonds is 7. The molecule has 3 rings (SSSR count). The second kappa shape index (κ2) is 8.46. The highest BCUT2D eigenvalue weighted by atomic mass is 32.2. The number of anilines is 2. The van der Waals surface area contributed by atoms with Gasteiger partial charge in [-0.05, 0) is 36.2 Å². The van der Waals surface area contributed by atoms with E-state index in [1.54, 1.807) is 12.3 Å². The van der Waals surface area contributed by atoms with Crippen LogP contribution in [0.25, 0.3) is 0 Å². The molecule has 26 heavy (non-hydrogen) atoms. The summed E-state index contributed by atoms with van der Waals surface area (Å²) in [5.74, 6) is 1.00. The minimum absolute atomic E-state index is 0.119. The highest BCUT2D eigenvalue weighted by Crippen LogP contribution is 2.18. The van der Waals surface area contributed by atoms with Crippen molar-refractivity contribution in [2.24, 2.45) is 0 Å². The van der Waals surface area contributed by atoms with Gasteiger partial charge in [-0.3, -0.25) is 14.6 Å². The number of piperazine rings is 1. The van der Waals surface area contributed by atoms with E-state index in [0.29, 0.717) is 12.1 Å². The van der Waals surface area contributed by atoms with Crippen molar-refractivity contribution in [1.29, 1.82) is 0 Å². The Balaban J connectivity index is 1.53. The van der Waals surface area contributed by atoms with Crippen LogP contribution in [0, 0.1) is 0 Å². The molecular weight excluding hydrogens is 350 g/mol. The molecule has 0 radical (unpaired) electrons. The zero-order valence-electron chi connectivity index (χ0n) is 15.0. The van der Waals surface area contributed by atoms with E-state index in [1.165, 1.54) is 5.56 Å². The molecule has 0 aromatic carbocycles. The largest absolute Gasteiger partial charge is 0.354 e.